The second-order valence-electron chi connectivity index (χ2n) is 6.95. The van der Waals surface area contributed by atoms with Crippen LogP contribution in [0.1, 0.15) is 46.5 Å². The van der Waals surface area contributed by atoms with Crippen molar-refractivity contribution in [3.8, 4) is 0 Å². The molecule has 1 aliphatic carbocycles. The number of carbonyl (C=O) groups excluding carboxylic acids is 3. The smallest absolute Gasteiger partial charge is 0.407 e. The van der Waals surface area contributed by atoms with E-state index in [0.29, 0.717) is 16.4 Å². The van der Waals surface area contributed by atoms with Crippen LogP contribution in [0.25, 0.3) is 0 Å². The maximum atomic E-state index is 12.9. The molecule has 0 radical (unpaired) electrons. The molecule has 1 aliphatic rings. The van der Waals surface area contributed by atoms with Crippen LogP contribution in [-0.4, -0.2) is 30.0 Å². The zero-order valence-corrected chi connectivity index (χ0v) is 17.2. The fourth-order valence-electron chi connectivity index (χ4n) is 3.31. The van der Waals surface area contributed by atoms with E-state index in [2.05, 4.69) is 25.7 Å². The summed E-state index contributed by atoms with van der Waals surface area (Å²) in [4.78, 5) is 41.3. The highest BCUT2D eigenvalue weighted by Crippen LogP contribution is 2.31. The number of anilines is 2. The van der Waals surface area contributed by atoms with Gasteiger partial charge in [0.25, 0.3) is 0 Å². The molecule has 9 heteroatoms. The Labute approximate surface area is 173 Å². The largest absolute Gasteiger partial charge is 0.453 e. The van der Waals surface area contributed by atoms with Gasteiger partial charge in [-0.2, -0.15) is 0 Å². The van der Waals surface area contributed by atoms with E-state index in [1.807, 2.05) is 19.1 Å². The van der Waals surface area contributed by atoms with Crippen molar-refractivity contribution in [2.75, 3.05) is 17.7 Å². The molecule has 0 unspecified atom stereocenters. The Morgan fingerprint density at radius 2 is 1.97 bits per heavy atom. The number of carbonyl (C=O) groups is 3. The van der Waals surface area contributed by atoms with Crippen LogP contribution >= 0.6 is 11.3 Å². The van der Waals surface area contributed by atoms with E-state index in [0.717, 1.165) is 36.1 Å². The summed E-state index contributed by atoms with van der Waals surface area (Å²) in [5, 5.41) is 8.37. The molecule has 0 saturated heterocycles. The summed E-state index contributed by atoms with van der Waals surface area (Å²) in [6.07, 6.45) is 4.98. The minimum atomic E-state index is -0.538. The molecule has 29 heavy (non-hydrogen) atoms. The summed E-state index contributed by atoms with van der Waals surface area (Å²) in [5.74, 6) is 0.121. The minimum Gasteiger partial charge on any atom is -0.453 e. The number of hydrogen-bond acceptors (Lipinski definition) is 6. The van der Waals surface area contributed by atoms with E-state index in [-0.39, 0.29) is 18.2 Å². The van der Waals surface area contributed by atoms with Crippen molar-refractivity contribution in [3.63, 3.8) is 0 Å². The highest BCUT2D eigenvalue weighted by atomic mass is 32.1. The van der Waals surface area contributed by atoms with Gasteiger partial charge in [0.2, 0.25) is 0 Å². The van der Waals surface area contributed by atoms with Crippen molar-refractivity contribution >= 4 is 40.1 Å². The minimum absolute atomic E-state index is 0.0317. The molecule has 0 aliphatic heterocycles. The monoisotopic (exact) mass is 416 g/mol. The van der Waals surface area contributed by atoms with E-state index in [1.165, 1.54) is 18.4 Å². The molecule has 1 heterocycles. The molecular weight excluding hydrogens is 392 g/mol. The Morgan fingerprint density at radius 1 is 1.21 bits per heavy atom. The van der Waals surface area contributed by atoms with Gasteiger partial charge in [-0.05, 0) is 31.9 Å². The fourth-order valence-corrected chi connectivity index (χ4v) is 4.06. The Kier molecular flexibility index (Phi) is 6.82. The molecule has 1 saturated carbocycles. The predicted molar refractivity (Wildman–Crippen MR) is 111 cm³/mol. The van der Waals surface area contributed by atoms with Crippen LogP contribution in [0.5, 0.6) is 0 Å². The van der Waals surface area contributed by atoms with E-state index in [9.17, 15) is 14.4 Å². The first-order chi connectivity index (χ1) is 14.0. The van der Waals surface area contributed by atoms with Crippen LogP contribution < -0.4 is 16.0 Å². The molecule has 1 aromatic heterocycles. The number of methoxy groups -OCH3 is 1. The first-order valence-corrected chi connectivity index (χ1v) is 10.3. The van der Waals surface area contributed by atoms with E-state index in [4.69, 9.17) is 0 Å². The summed E-state index contributed by atoms with van der Waals surface area (Å²) < 4.78 is 4.51. The normalized spacial score (nSPS) is 13.7. The number of aryl methyl sites for hydroxylation is 1. The number of rotatable bonds is 6. The zero-order valence-electron chi connectivity index (χ0n) is 16.4. The standard InChI is InChI=1S/C20H24N4O4S/c1-12-7-8-16(15(9-12)17(25)13-5-3-4-6-13)23-18(26)24-19-21-10-14(29-19)11-22-20(27)28-2/h7-10,13H,3-6,11H2,1-2H3,(H,22,27)(H2,21,23,24,26). The third kappa shape index (κ3) is 5.54. The summed E-state index contributed by atoms with van der Waals surface area (Å²) in [5.41, 5.74) is 2.02. The van der Waals surface area contributed by atoms with Crippen LogP contribution in [0.15, 0.2) is 24.4 Å². The number of ketones is 1. The molecule has 2 aromatic rings. The zero-order chi connectivity index (χ0) is 20.8. The summed E-state index contributed by atoms with van der Waals surface area (Å²) >= 11 is 1.24. The quantitative estimate of drug-likeness (QED) is 0.608. The van der Waals surface area contributed by atoms with Crippen molar-refractivity contribution in [3.05, 3.63) is 40.4 Å². The number of nitrogens with zero attached hydrogens (tertiary/aromatic N) is 1. The van der Waals surface area contributed by atoms with Crippen molar-refractivity contribution in [2.45, 2.75) is 39.2 Å². The van der Waals surface area contributed by atoms with Crippen molar-refractivity contribution in [1.82, 2.24) is 10.3 Å². The number of alkyl carbamates (subject to hydrolysis) is 1. The van der Waals surface area contributed by atoms with Gasteiger partial charge in [-0.15, -0.1) is 0 Å². The number of aromatic nitrogens is 1. The Morgan fingerprint density at radius 3 is 2.69 bits per heavy atom. The van der Waals surface area contributed by atoms with Crippen LogP contribution in [0.3, 0.4) is 0 Å². The summed E-state index contributed by atoms with van der Waals surface area (Å²) in [7, 11) is 1.29. The van der Waals surface area contributed by atoms with Crippen LogP contribution in [0, 0.1) is 12.8 Å². The Balaban J connectivity index is 1.64. The molecule has 3 N–H and O–H groups in total. The van der Waals surface area contributed by atoms with E-state index >= 15 is 0 Å². The number of ether oxygens (including phenoxy) is 1. The topological polar surface area (TPSA) is 109 Å². The lowest BCUT2D eigenvalue weighted by Gasteiger charge is -2.14. The maximum absolute atomic E-state index is 12.9. The number of urea groups is 1. The number of thiazole rings is 1. The lowest BCUT2D eigenvalue weighted by molar-refractivity contribution is 0.0923. The predicted octanol–water partition coefficient (Wildman–Crippen LogP) is 4.32. The van der Waals surface area contributed by atoms with Crippen molar-refractivity contribution in [2.24, 2.45) is 5.92 Å². The Hall–Kier alpha value is -2.94. The van der Waals surface area contributed by atoms with Crippen LogP contribution in [-0.2, 0) is 11.3 Å². The molecule has 0 bridgehead atoms. The van der Waals surface area contributed by atoms with E-state index < -0.39 is 12.1 Å². The van der Waals surface area contributed by atoms with Gasteiger partial charge in [-0.1, -0.05) is 35.8 Å². The number of Topliss-reactive ketones (excluding diaryl/α,β-unsaturated/α-hetero) is 1. The van der Waals surface area contributed by atoms with Gasteiger partial charge >= 0.3 is 12.1 Å². The van der Waals surface area contributed by atoms with Gasteiger partial charge in [-0.25, -0.2) is 14.6 Å². The van der Waals surface area contributed by atoms with Gasteiger partial charge in [0.15, 0.2) is 10.9 Å². The molecule has 3 rings (SSSR count). The third-order valence-electron chi connectivity index (χ3n) is 4.78. The first-order valence-electron chi connectivity index (χ1n) is 9.45. The molecular formula is C20H24N4O4S. The molecule has 3 amide bonds. The lowest BCUT2D eigenvalue weighted by Crippen LogP contribution is -2.22. The van der Waals surface area contributed by atoms with Crippen LogP contribution in [0.4, 0.5) is 20.4 Å². The highest BCUT2D eigenvalue weighted by molar-refractivity contribution is 7.15. The Bertz CT molecular complexity index is 906. The van der Waals surface area contributed by atoms with Gasteiger partial charge in [0.05, 0.1) is 19.3 Å². The van der Waals surface area contributed by atoms with E-state index in [1.54, 1.807) is 12.3 Å². The SMILES string of the molecule is COC(=O)NCc1cnc(NC(=O)Nc2ccc(C)cc2C(=O)C2CCCC2)s1. The molecule has 8 nitrogen and oxygen atoms in total. The molecule has 1 aromatic carbocycles. The first kappa shape index (κ1) is 20.8. The second-order valence-corrected chi connectivity index (χ2v) is 8.07. The summed E-state index contributed by atoms with van der Waals surface area (Å²) in [6, 6.07) is 4.97. The highest BCUT2D eigenvalue weighted by Gasteiger charge is 2.26. The number of benzene rings is 1. The second kappa shape index (κ2) is 9.51. The lowest BCUT2D eigenvalue weighted by atomic mass is 9.94. The average Bonchev–Trinajstić information content (AvgIpc) is 3.39. The summed E-state index contributed by atoms with van der Waals surface area (Å²) in [6.45, 7) is 2.18. The third-order valence-corrected chi connectivity index (χ3v) is 5.69. The molecule has 1 fully saturated rings. The van der Waals surface area contributed by atoms with Gasteiger partial charge in [0, 0.05) is 22.6 Å². The van der Waals surface area contributed by atoms with Crippen LogP contribution in [0.2, 0.25) is 0 Å². The van der Waals surface area contributed by atoms with Gasteiger partial charge in [-0.3, -0.25) is 10.1 Å². The molecule has 0 spiro atoms. The number of amides is 3. The molecule has 154 valence electrons. The fraction of sp³-hybridized carbons (Fsp3) is 0.400. The molecule has 0 atom stereocenters. The van der Waals surface area contributed by atoms with Crippen molar-refractivity contribution < 1.29 is 19.1 Å². The number of nitrogens with one attached hydrogen (secondary N) is 3. The maximum Gasteiger partial charge on any atom is 0.407 e. The van der Waals surface area contributed by atoms with Gasteiger partial charge < -0.3 is 15.4 Å². The van der Waals surface area contributed by atoms with Crippen molar-refractivity contribution in [1.29, 1.82) is 0 Å². The average molecular weight is 417 g/mol. The number of hydrogen-bond donors (Lipinski definition) is 3. The van der Waals surface area contributed by atoms with Gasteiger partial charge in [0.1, 0.15) is 0 Å².